The van der Waals surface area contributed by atoms with Gasteiger partial charge in [0.1, 0.15) is 11.6 Å². The zero-order valence-corrected chi connectivity index (χ0v) is 9.81. The number of para-hydroxylation sites is 1. The smallest absolute Gasteiger partial charge is 0.410 e. The molecule has 0 atom stereocenters. The zero-order valence-electron chi connectivity index (χ0n) is 9.81. The molecule has 0 spiro atoms. The molecule has 0 aliphatic carbocycles. The van der Waals surface area contributed by atoms with Crippen LogP contribution in [-0.2, 0) is 0 Å². The maximum Gasteiger partial charge on any atom is 0.417 e. The van der Waals surface area contributed by atoms with E-state index in [1.54, 1.807) is 37.3 Å². The minimum absolute atomic E-state index is 0.0986. The number of nitrogens with one attached hydrogen (secondary N) is 1. The summed E-state index contributed by atoms with van der Waals surface area (Å²) in [6.45, 7) is 1.77. The van der Waals surface area contributed by atoms with Crippen LogP contribution in [0.1, 0.15) is 5.56 Å². The third-order valence-corrected chi connectivity index (χ3v) is 2.32. The van der Waals surface area contributed by atoms with Crippen molar-refractivity contribution >= 4 is 11.8 Å². The quantitative estimate of drug-likeness (QED) is 0.875. The number of carbonyl (C=O) groups is 1. The molecule has 2 rings (SSSR count). The number of hydrogen-bond donors (Lipinski definition) is 1. The SMILES string of the molecule is Cc1ccc(NC(=O)Oc2ccccc2)c(F)c1. The lowest BCUT2D eigenvalue weighted by molar-refractivity contribution is 0.215. The lowest BCUT2D eigenvalue weighted by atomic mass is 10.2. The summed E-state index contributed by atoms with van der Waals surface area (Å²) in [5.41, 5.74) is 0.885. The molecule has 1 amide bonds. The first-order valence-electron chi connectivity index (χ1n) is 5.45. The summed E-state index contributed by atoms with van der Waals surface area (Å²) < 4.78 is 18.5. The molecule has 18 heavy (non-hydrogen) atoms. The number of rotatable bonds is 2. The highest BCUT2D eigenvalue weighted by molar-refractivity contribution is 5.86. The number of amides is 1. The van der Waals surface area contributed by atoms with Crippen LogP contribution in [0.5, 0.6) is 5.75 Å². The van der Waals surface area contributed by atoms with Crippen LogP contribution in [-0.4, -0.2) is 6.09 Å². The Labute approximate surface area is 104 Å². The van der Waals surface area contributed by atoms with Gasteiger partial charge in [-0.05, 0) is 36.8 Å². The average Bonchev–Trinajstić information content (AvgIpc) is 2.34. The molecular weight excluding hydrogens is 233 g/mol. The molecule has 0 aliphatic rings. The van der Waals surface area contributed by atoms with Crippen LogP contribution < -0.4 is 10.1 Å². The number of anilines is 1. The molecular formula is C14H12FNO2. The highest BCUT2D eigenvalue weighted by Gasteiger charge is 2.08. The van der Waals surface area contributed by atoms with E-state index in [-0.39, 0.29) is 5.69 Å². The number of ether oxygens (including phenoxy) is 1. The number of hydrogen-bond acceptors (Lipinski definition) is 2. The van der Waals surface area contributed by atoms with Crippen LogP contribution in [0, 0.1) is 12.7 Å². The summed E-state index contributed by atoms with van der Waals surface area (Å²) in [7, 11) is 0. The summed E-state index contributed by atoms with van der Waals surface area (Å²) in [6.07, 6.45) is -0.719. The second-order valence-corrected chi connectivity index (χ2v) is 3.81. The Kier molecular flexibility index (Phi) is 3.57. The van der Waals surface area contributed by atoms with Gasteiger partial charge in [0.2, 0.25) is 0 Å². The summed E-state index contributed by atoms with van der Waals surface area (Å²) in [6, 6.07) is 13.1. The fraction of sp³-hybridized carbons (Fsp3) is 0.0714. The molecule has 0 unspecified atom stereocenters. The Balaban J connectivity index is 2.03. The third kappa shape index (κ3) is 3.07. The predicted octanol–water partition coefficient (Wildman–Crippen LogP) is 3.75. The Morgan fingerprint density at radius 2 is 1.89 bits per heavy atom. The van der Waals surface area contributed by atoms with Crippen molar-refractivity contribution < 1.29 is 13.9 Å². The van der Waals surface area contributed by atoms with Crippen molar-refractivity contribution in [3.05, 3.63) is 59.9 Å². The van der Waals surface area contributed by atoms with Crippen LogP contribution >= 0.6 is 0 Å². The van der Waals surface area contributed by atoms with Gasteiger partial charge in [0.15, 0.2) is 0 Å². The molecule has 2 aromatic rings. The minimum atomic E-state index is -0.719. The molecule has 3 nitrogen and oxygen atoms in total. The molecule has 0 saturated carbocycles. The molecule has 0 aromatic heterocycles. The van der Waals surface area contributed by atoms with Crippen molar-refractivity contribution in [2.45, 2.75) is 6.92 Å². The van der Waals surface area contributed by atoms with E-state index in [1.807, 2.05) is 6.07 Å². The lowest BCUT2D eigenvalue weighted by Gasteiger charge is -2.07. The Morgan fingerprint density at radius 1 is 1.17 bits per heavy atom. The van der Waals surface area contributed by atoms with Crippen molar-refractivity contribution in [3.8, 4) is 5.75 Å². The maximum atomic E-state index is 13.5. The van der Waals surface area contributed by atoms with E-state index >= 15 is 0 Å². The van der Waals surface area contributed by atoms with E-state index in [9.17, 15) is 9.18 Å². The van der Waals surface area contributed by atoms with Crippen molar-refractivity contribution in [1.82, 2.24) is 0 Å². The number of aryl methyl sites for hydroxylation is 1. The molecule has 0 bridgehead atoms. The lowest BCUT2D eigenvalue weighted by Crippen LogP contribution is -2.17. The molecule has 0 heterocycles. The van der Waals surface area contributed by atoms with Gasteiger partial charge < -0.3 is 4.74 Å². The second-order valence-electron chi connectivity index (χ2n) is 3.81. The van der Waals surface area contributed by atoms with Crippen LogP contribution in [0.3, 0.4) is 0 Å². The predicted molar refractivity (Wildman–Crippen MR) is 67.2 cm³/mol. The first-order chi connectivity index (χ1) is 8.65. The van der Waals surface area contributed by atoms with Crippen LogP contribution in [0.15, 0.2) is 48.5 Å². The van der Waals surface area contributed by atoms with Gasteiger partial charge in [0.25, 0.3) is 0 Å². The Bertz CT molecular complexity index is 555. The molecule has 4 heteroatoms. The van der Waals surface area contributed by atoms with Gasteiger partial charge in [0.05, 0.1) is 5.69 Å². The summed E-state index contributed by atoms with van der Waals surface area (Å²) in [4.78, 5) is 11.5. The van der Waals surface area contributed by atoms with Gasteiger partial charge in [-0.15, -0.1) is 0 Å². The van der Waals surface area contributed by atoms with E-state index in [1.165, 1.54) is 12.1 Å². The normalized spacial score (nSPS) is 9.89. The van der Waals surface area contributed by atoms with Gasteiger partial charge in [-0.3, -0.25) is 5.32 Å². The maximum absolute atomic E-state index is 13.5. The molecule has 92 valence electrons. The summed E-state index contributed by atoms with van der Waals surface area (Å²) in [5.74, 6) is -0.0810. The van der Waals surface area contributed by atoms with E-state index in [0.29, 0.717) is 5.75 Å². The van der Waals surface area contributed by atoms with Crippen molar-refractivity contribution in [3.63, 3.8) is 0 Å². The third-order valence-electron chi connectivity index (χ3n) is 2.32. The largest absolute Gasteiger partial charge is 0.417 e. The van der Waals surface area contributed by atoms with Crippen molar-refractivity contribution in [1.29, 1.82) is 0 Å². The first-order valence-corrected chi connectivity index (χ1v) is 5.45. The molecule has 0 aliphatic heterocycles. The molecule has 0 saturated heterocycles. The van der Waals surface area contributed by atoms with Gasteiger partial charge in [0, 0.05) is 0 Å². The molecule has 0 fully saturated rings. The molecule has 0 radical (unpaired) electrons. The van der Waals surface area contributed by atoms with Gasteiger partial charge in [-0.2, -0.15) is 0 Å². The topological polar surface area (TPSA) is 38.3 Å². The molecule has 1 N–H and O–H groups in total. The standard InChI is InChI=1S/C14H12FNO2/c1-10-7-8-13(12(15)9-10)16-14(17)18-11-5-3-2-4-6-11/h2-9H,1H3,(H,16,17). The highest BCUT2D eigenvalue weighted by atomic mass is 19.1. The number of carbonyl (C=O) groups excluding carboxylic acids is 1. The summed E-state index contributed by atoms with van der Waals surface area (Å²) >= 11 is 0. The van der Waals surface area contributed by atoms with E-state index in [2.05, 4.69) is 5.32 Å². The first kappa shape index (κ1) is 12.1. The zero-order chi connectivity index (χ0) is 13.0. The van der Waals surface area contributed by atoms with Gasteiger partial charge >= 0.3 is 6.09 Å². The van der Waals surface area contributed by atoms with Crippen molar-refractivity contribution in [2.24, 2.45) is 0 Å². The fourth-order valence-corrected chi connectivity index (χ4v) is 1.45. The van der Waals surface area contributed by atoms with Crippen LogP contribution in [0.4, 0.5) is 14.9 Å². The minimum Gasteiger partial charge on any atom is -0.410 e. The monoisotopic (exact) mass is 245 g/mol. The van der Waals surface area contributed by atoms with Gasteiger partial charge in [-0.1, -0.05) is 24.3 Å². The number of benzene rings is 2. The van der Waals surface area contributed by atoms with Crippen molar-refractivity contribution in [2.75, 3.05) is 5.32 Å². The molecule has 2 aromatic carbocycles. The highest BCUT2D eigenvalue weighted by Crippen LogP contribution is 2.16. The van der Waals surface area contributed by atoms with Crippen LogP contribution in [0.25, 0.3) is 0 Å². The van der Waals surface area contributed by atoms with E-state index in [0.717, 1.165) is 5.56 Å². The van der Waals surface area contributed by atoms with E-state index < -0.39 is 11.9 Å². The Hall–Kier alpha value is -2.36. The van der Waals surface area contributed by atoms with E-state index in [4.69, 9.17) is 4.74 Å². The Morgan fingerprint density at radius 3 is 2.56 bits per heavy atom. The summed E-state index contributed by atoms with van der Waals surface area (Å²) in [5, 5.41) is 2.35. The van der Waals surface area contributed by atoms with Crippen LogP contribution in [0.2, 0.25) is 0 Å². The number of halogens is 1. The second kappa shape index (κ2) is 5.31. The average molecular weight is 245 g/mol. The fourth-order valence-electron chi connectivity index (χ4n) is 1.45. The van der Waals surface area contributed by atoms with Gasteiger partial charge in [-0.25, -0.2) is 9.18 Å².